The summed E-state index contributed by atoms with van der Waals surface area (Å²) in [4.78, 5) is 4.27. The third-order valence-electron chi connectivity index (χ3n) is 3.60. The fourth-order valence-corrected chi connectivity index (χ4v) is 2.46. The third kappa shape index (κ3) is 2.56. The number of nitrogens with one attached hydrogen (secondary N) is 1. The number of nitriles is 1. The number of aromatic nitrogens is 1. The summed E-state index contributed by atoms with van der Waals surface area (Å²) < 4.78 is 0. The minimum absolute atomic E-state index is 0.609. The molecule has 1 heterocycles. The normalized spacial score (nSPS) is 10.3. The van der Waals surface area contributed by atoms with Crippen LogP contribution in [0.4, 0.5) is 5.82 Å². The Morgan fingerprint density at radius 3 is 2.76 bits per heavy atom. The number of aryl methyl sites for hydroxylation is 1. The van der Waals surface area contributed by atoms with Crippen molar-refractivity contribution >= 4 is 16.6 Å². The van der Waals surface area contributed by atoms with Crippen molar-refractivity contribution in [2.45, 2.75) is 13.5 Å². The van der Waals surface area contributed by atoms with Gasteiger partial charge in [-0.1, -0.05) is 42.5 Å². The predicted molar refractivity (Wildman–Crippen MR) is 85.0 cm³/mol. The molecule has 0 saturated heterocycles. The predicted octanol–water partition coefficient (Wildman–Crippen LogP) is 4.03. The van der Waals surface area contributed by atoms with E-state index in [1.54, 1.807) is 6.20 Å². The largest absolute Gasteiger partial charge is 0.365 e. The van der Waals surface area contributed by atoms with E-state index in [0.29, 0.717) is 17.9 Å². The van der Waals surface area contributed by atoms with Crippen LogP contribution in [0.25, 0.3) is 10.8 Å². The minimum Gasteiger partial charge on any atom is -0.365 e. The Labute approximate surface area is 123 Å². The van der Waals surface area contributed by atoms with E-state index in [-0.39, 0.29) is 0 Å². The summed E-state index contributed by atoms with van der Waals surface area (Å²) in [5.41, 5.74) is 2.74. The van der Waals surface area contributed by atoms with E-state index in [0.717, 1.165) is 5.56 Å². The summed E-state index contributed by atoms with van der Waals surface area (Å²) in [6.07, 6.45) is 1.72. The van der Waals surface area contributed by atoms with Crippen LogP contribution in [-0.4, -0.2) is 4.98 Å². The van der Waals surface area contributed by atoms with Crippen molar-refractivity contribution < 1.29 is 0 Å². The molecule has 0 aliphatic rings. The Balaban J connectivity index is 1.91. The van der Waals surface area contributed by atoms with Crippen LogP contribution in [0.2, 0.25) is 0 Å². The first kappa shape index (κ1) is 13.1. The van der Waals surface area contributed by atoms with Gasteiger partial charge in [-0.15, -0.1) is 0 Å². The molecule has 0 aliphatic carbocycles. The van der Waals surface area contributed by atoms with Gasteiger partial charge in [-0.25, -0.2) is 4.98 Å². The monoisotopic (exact) mass is 273 g/mol. The fourth-order valence-electron chi connectivity index (χ4n) is 2.46. The Morgan fingerprint density at radius 2 is 1.90 bits per heavy atom. The van der Waals surface area contributed by atoms with Crippen molar-refractivity contribution in [3.05, 3.63) is 71.4 Å². The first-order valence-electron chi connectivity index (χ1n) is 6.86. The van der Waals surface area contributed by atoms with Crippen molar-refractivity contribution in [2.24, 2.45) is 0 Å². The topological polar surface area (TPSA) is 48.7 Å². The molecular weight excluding hydrogens is 258 g/mol. The minimum atomic E-state index is 0.609. The van der Waals surface area contributed by atoms with E-state index in [9.17, 15) is 5.26 Å². The van der Waals surface area contributed by atoms with Crippen LogP contribution >= 0.6 is 0 Å². The Bertz CT molecular complexity index is 826. The summed E-state index contributed by atoms with van der Waals surface area (Å²) in [7, 11) is 0. The maximum absolute atomic E-state index is 9.24. The Hall–Kier alpha value is -2.86. The molecule has 1 N–H and O–H groups in total. The van der Waals surface area contributed by atoms with Crippen molar-refractivity contribution in [3.63, 3.8) is 0 Å². The van der Waals surface area contributed by atoms with Gasteiger partial charge < -0.3 is 5.32 Å². The second kappa shape index (κ2) is 5.64. The average molecular weight is 273 g/mol. The number of hydrogen-bond donors (Lipinski definition) is 1. The van der Waals surface area contributed by atoms with E-state index in [2.05, 4.69) is 40.6 Å². The van der Waals surface area contributed by atoms with Crippen LogP contribution in [-0.2, 0) is 6.54 Å². The smallest absolute Gasteiger partial charge is 0.144 e. The fraction of sp³-hybridized carbons (Fsp3) is 0.111. The number of hydrogen-bond acceptors (Lipinski definition) is 3. The molecule has 0 bridgehead atoms. The molecule has 102 valence electrons. The molecule has 0 amide bonds. The molecule has 3 aromatic rings. The van der Waals surface area contributed by atoms with Crippen LogP contribution in [0.15, 0.2) is 54.7 Å². The number of fused-ring (bicyclic) bond motifs is 1. The van der Waals surface area contributed by atoms with Gasteiger partial charge in [0.2, 0.25) is 0 Å². The standard InChI is InChI=1S/C18H15N3/c1-13-9-10-20-18(17(13)11-19)21-12-15-7-4-6-14-5-2-3-8-16(14)15/h2-10H,12H2,1H3,(H,20,21). The van der Waals surface area contributed by atoms with Gasteiger partial charge in [-0.2, -0.15) is 5.26 Å². The zero-order valence-electron chi connectivity index (χ0n) is 11.8. The second-order valence-corrected chi connectivity index (χ2v) is 4.96. The highest BCUT2D eigenvalue weighted by Crippen LogP contribution is 2.21. The molecule has 0 fully saturated rings. The summed E-state index contributed by atoms with van der Waals surface area (Å²) in [5.74, 6) is 0.644. The zero-order chi connectivity index (χ0) is 14.7. The van der Waals surface area contributed by atoms with Gasteiger partial charge in [-0.05, 0) is 34.9 Å². The molecule has 3 heteroatoms. The van der Waals surface area contributed by atoms with E-state index in [1.165, 1.54) is 16.3 Å². The molecule has 0 spiro atoms. The quantitative estimate of drug-likeness (QED) is 0.783. The second-order valence-electron chi connectivity index (χ2n) is 4.96. The van der Waals surface area contributed by atoms with Crippen LogP contribution in [0, 0.1) is 18.3 Å². The number of anilines is 1. The van der Waals surface area contributed by atoms with Crippen molar-refractivity contribution in [1.29, 1.82) is 5.26 Å². The molecule has 3 nitrogen and oxygen atoms in total. The molecule has 1 aromatic heterocycles. The number of rotatable bonds is 3. The maximum atomic E-state index is 9.24. The molecule has 0 radical (unpaired) electrons. The lowest BCUT2D eigenvalue weighted by atomic mass is 10.0. The number of nitrogens with zero attached hydrogens (tertiary/aromatic N) is 2. The Morgan fingerprint density at radius 1 is 1.10 bits per heavy atom. The van der Waals surface area contributed by atoms with Crippen molar-refractivity contribution in [1.82, 2.24) is 4.98 Å². The maximum Gasteiger partial charge on any atom is 0.144 e. The van der Waals surface area contributed by atoms with Crippen molar-refractivity contribution in [2.75, 3.05) is 5.32 Å². The molecular formula is C18H15N3. The lowest BCUT2D eigenvalue weighted by molar-refractivity contribution is 1.11. The Kier molecular flexibility index (Phi) is 3.53. The third-order valence-corrected chi connectivity index (χ3v) is 3.60. The highest BCUT2D eigenvalue weighted by molar-refractivity contribution is 5.85. The van der Waals surface area contributed by atoms with Gasteiger partial charge in [-0.3, -0.25) is 0 Å². The van der Waals surface area contributed by atoms with Gasteiger partial charge >= 0.3 is 0 Å². The SMILES string of the molecule is Cc1ccnc(NCc2cccc3ccccc23)c1C#N. The lowest BCUT2D eigenvalue weighted by Crippen LogP contribution is -2.04. The van der Waals surface area contributed by atoms with Crippen LogP contribution < -0.4 is 5.32 Å². The molecule has 0 saturated carbocycles. The van der Waals surface area contributed by atoms with Gasteiger partial charge in [0, 0.05) is 12.7 Å². The average Bonchev–Trinajstić information content (AvgIpc) is 2.53. The summed E-state index contributed by atoms with van der Waals surface area (Å²) in [6, 6.07) is 18.6. The molecule has 21 heavy (non-hydrogen) atoms. The van der Waals surface area contributed by atoms with Crippen LogP contribution in [0.3, 0.4) is 0 Å². The first-order valence-corrected chi connectivity index (χ1v) is 6.86. The number of benzene rings is 2. The molecule has 2 aromatic carbocycles. The van der Waals surface area contributed by atoms with Gasteiger partial charge in [0.1, 0.15) is 11.9 Å². The van der Waals surface area contributed by atoms with Crippen LogP contribution in [0.5, 0.6) is 0 Å². The summed E-state index contributed by atoms with van der Waals surface area (Å²) in [5, 5.41) is 15.0. The lowest BCUT2D eigenvalue weighted by Gasteiger charge is -2.10. The van der Waals surface area contributed by atoms with E-state index >= 15 is 0 Å². The molecule has 0 atom stereocenters. The van der Waals surface area contributed by atoms with E-state index in [4.69, 9.17) is 0 Å². The number of pyridine rings is 1. The first-order chi connectivity index (χ1) is 10.3. The molecule has 3 rings (SSSR count). The van der Waals surface area contributed by atoms with Gasteiger partial charge in [0.05, 0.1) is 5.56 Å². The van der Waals surface area contributed by atoms with Crippen LogP contribution in [0.1, 0.15) is 16.7 Å². The van der Waals surface area contributed by atoms with Gasteiger partial charge in [0.15, 0.2) is 0 Å². The molecule has 0 aliphatic heterocycles. The van der Waals surface area contributed by atoms with E-state index in [1.807, 2.05) is 31.2 Å². The van der Waals surface area contributed by atoms with E-state index < -0.39 is 0 Å². The summed E-state index contributed by atoms with van der Waals surface area (Å²) >= 11 is 0. The molecule has 0 unspecified atom stereocenters. The highest BCUT2D eigenvalue weighted by Gasteiger charge is 2.07. The summed E-state index contributed by atoms with van der Waals surface area (Å²) in [6.45, 7) is 2.57. The van der Waals surface area contributed by atoms with Crippen molar-refractivity contribution in [3.8, 4) is 6.07 Å². The zero-order valence-corrected chi connectivity index (χ0v) is 11.8. The van der Waals surface area contributed by atoms with Gasteiger partial charge in [0.25, 0.3) is 0 Å². The highest BCUT2D eigenvalue weighted by atomic mass is 15.0.